The molecule has 1 aromatic rings. The van der Waals surface area contributed by atoms with Gasteiger partial charge in [-0.3, -0.25) is 9.48 Å². The fraction of sp³-hybridized carbons (Fsp3) is 0.600. The summed E-state index contributed by atoms with van der Waals surface area (Å²) in [7, 11) is 0. The van der Waals surface area contributed by atoms with Gasteiger partial charge in [-0.25, -0.2) is 0 Å². The van der Waals surface area contributed by atoms with Crippen LogP contribution in [-0.2, 0) is 24.2 Å². The standard InChI is InChI=1S/C10H15ClN2O/c1-4-8-10(11)9(6-7(3)14)13(5-2)12-8/h4-6H2,1-3H3. The molecule has 1 heterocycles. The fourth-order valence-corrected chi connectivity index (χ4v) is 1.76. The van der Waals surface area contributed by atoms with E-state index >= 15 is 0 Å². The number of carbonyl (C=O) groups excluding carboxylic acids is 1. The summed E-state index contributed by atoms with van der Waals surface area (Å²) in [4.78, 5) is 11.0. The first-order valence-corrected chi connectivity index (χ1v) is 5.21. The zero-order valence-electron chi connectivity index (χ0n) is 8.80. The summed E-state index contributed by atoms with van der Waals surface area (Å²) in [5.74, 6) is 0.115. The predicted molar refractivity (Wildman–Crippen MR) is 56.7 cm³/mol. The maximum absolute atomic E-state index is 11.0. The first-order valence-electron chi connectivity index (χ1n) is 4.83. The maximum atomic E-state index is 11.0. The Kier molecular flexibility index (Phi) is 3.69. The number of carbonyl (C=O) groups is 1. The normalized spacial score (nSPS) is 10.6. The molecule has 0 spiro atoms. The third-order valence-electron chi connectivity index (χ3n) is 2.11. The number of aryl methyl sites for hydroxylation is 2. The largest absolute Gasteiger partial charge is 0.300 e. The molecule has 3 nitrogen and oxygen atoms in total. The van der Waals surface area contributed by atoms with Crippen LogP contribution in [0.2, 0.25) is 5.02 Å². The molecule has 0 unspecified atom stereocenters. The lowest BCUT2D eigenvalue weighted by atomic mass is 10.2. The van der Waals surface area contributed by atoms with Gasteiger partial charge in [-0.1, -0.05) is 18.5 Å². The summed E-state index contributed by atoms with van der Waals surface area (Å²) in [5.41, 5.74) is 1.73. The molecule has 4 heteroatoms. The van der Waals surface area contributed by atoms with E-state index in [1.54, 1.807) is 6.92 Å². The highest BCUT2D eigenvalue weighted by Crippen LogP contribution is 2.22. The minimum absolute atomic E-state index is 0.115. The van der Waals surface area contributed by atoms with Crippen LogP contribution in [0.3, 0.4) is 0 Å². The van der Waals surface area contributed by atoms with Crippen LogP contribution in [0.4, 0.5) is 0 Å². The van der Waals surface area contributed by atoms with Crippen molar-refractivity contribution in [1.82, 2.24) is 9.78 Å². The molecule has 1 aromatic heterocycles. The van der Waals surface area contributed by atoms with E-state index in [1.807, 2.05) is 18.5 Å². The van der Waals surface area contributed by atoms with Crippen molar-refractivity contribution in [2.75, 3.05) is 0 Å². The van der Waals surface area contributed by atoms with E-state index in [2.05, 4.69) is 5.10 Å². The quantitative estimate of drug-likeness (QED) is 0.771. The Bertz CT molecular complexity index is 344. The van der Waals surface area contributed by atoms with Crippen molar-refractivity contribution in [2.24, 2.45) is 0 Å². The Labute approximate surface area is 89.1 Å². The van der Waals surface area contributed by atoms with Gasteiger partial charge in [-0.15, -0.1) is 0 Å². The van der Waals surface area contributed by atoms with Crippen molar-refractivity contribution >= 4 is 17.4 Å². The molecule has 0 aromatic carbocycles. The Morgan fingerprint density at radius 1 is 1.50 bits per heavy atom. The first-order chi connectivity index (χ1) is 6.60. The van der Waals surface area contributed by atoms with Crippen molar-refractivity contribution in [3.05, 3.63) is 16.4 Å². The van der Waals surface area contributed by atoms with Gasteiger partial charge in [0.25, 0.3) is 0 Å². The molecule has 14 heavy (non-hydrogen) atoms. The summed E-state index contributed by atoms with van der Waals surface area (Å²) in [6.07, 6.45) is 1.18. The summed E-state index contributed by atoms with van der Waals surface area (Å²) in [5, 5.41) is 4.99. The molecule has 0 aliphatic heterocycles. The first kappa shape index (κ1) is 11.2. The monoisotopic (exact) mass is 214 g/mol. The van der Waals surface area contributed by atoms with Crippen LogP contribution in [0.15, 0.2) is 0 Å². The molecule has 0 saturated carbocycles. The topological polar surface area (TPSA) is 34.9 Å². The van der Waals surface area contributed by atoms with Crippen molar-refractivity contribution < 1.29 is 4.79 Å². The number of ketones is 1. The van der Waals surface area contributed by atoms with E-state index in [1.165, 1.54) is 0 Å². The molecular formula is C10H15ClN2O. The van der Waals surface area contributed by atoms with Crippen LogP contribution in [0.1, 0.15) is 32.2 Å². The third-order valence-corrected chi connectivity index (χ3v) is 2.55. The van der Waals surface area contributed by atoms with Gasteiger partial charge in [0.2, 0.25) is 0 Å². The van der Waals surface area contributed by atoms with Crippen molar-refractivity contribution in [2.45, 2.75) is 40.2 Å². The summed E-state index contributed by atoms with van der Waals surface area (Å²) >= 11 is 6.12. The molecule has 1 rings (SSSR count). The fourth-order valence-electron chi connectivity index (χ4n) is 1.42. The second kappa shape index (κ2) is 4.60. The predicted octanol–water partition coefficient (Wildman–Crippen LogP) is 2.25. The van der Waals surface area contributed by atoms with Gasteiger partial charge in [-0.05, 0) is 20.3 Å². The number of Topliss-reactive ketones (excluding diaryl/α,β-unsaturated/α-hetero) is 1. The zero-order chi connectivity index (χ0) is 10.7. The second-order valence-corrected chi connectivity index (χ2v) is 3.63. The number of hydrogen-bond donors (Lipinski definition) is 0. The maximum Gasteiger partial charge on any atom is 0.135 e. The summed E-state index contributed by atoms with van der Waals surface area (Å²) < 4.78 is 1.81. The lowest BCUT2D eigenvalue weighted by Gasteiger charge is -2.01. The molecule has 0 saturated heterocycles. The average molecular weight is 215 g/mol. The highest BCUT2D eigenvalue weighted by molar-refractivity contribution is 6.32. The van der Waals surface area contributed by atoms with Crippen LogP contribution < -0.4 is 0 Å². The van der Waals surface area contributed by atoms with Gasteiger partial charge in [0.05, 0.1) is 16.4 Å². The minimum atomic E-state index is 0.115. The van der Waals surface area contributed by atoms with E-state index in [0.29, 0.717) is 11.4 Å². The van der Waals surface area contributed by atoms with E-state index < -0.39 is 0 Å². The van der Waals surface area contributed by atoms with Crippen LogP contribution >= 0.6 is 11.6 Å². The van der Waals surface area contributed by atoms with E-state index in [-0.39, 0.29) is 5.78 Å². The number of aromatic nitrogens is 2. The van der Waals surface area contributed by atoms with Crippen LogP contribution in [0, 0.1) is 0 Å². The molecule has 0 N–H and O–H groups in total. The van der Waals surface area contributed by atoms with Crippen molar-refractivity contribution in [3.8, 4) is 0 Å². The Morgan fingerprint density at radius 2 is 2.14 bits per heavy atom. The van der Waals surface area contributed by atoms with Gasteiger partial charge >= 0.3 is 0 Å². The molecular weight excluding hydrogens is 200 g/mol. The number of halogens is 1. The SMILES string of the molecule is CCc1nn(CC)c(CC(C)=O)c1Cl. The number of rotatable bonds is 4. The van der Waals surface area contributed by atoms with E-state index in [9.17, 15) is 4.79 Å². The van der Waals surface area contributed by atoms with Gasteiger partial charge in [-0.2, -0.15) is 5.10 Å². The van der Waals surface area contributed by atoms with Crippen molar-refractivity contribution in [1.29, 1.82) is 0 Å². The highest BCUT2D eigenvalue weighted by Gasteiger charge is 2.15. The Morgan fingerprint density at radius 3 is 2.57 bits per heavy atom. The molecule has 78 valence electrons. The van der Waals surface area contributed by atoms with Gasteiger partial charge in [0, 0.05) is 13.0 Å². The molecule has 0 aliphatic rings. The van der Waals surface area contributed by atoms with Crippen LogP contribution in [0.25, 0.3) is 0 Å². The number of nitrogens with zero attached hydrogens (tertiary/aromatic N) is 2. The van der Waals surface area contributed by atoms with Gasteiger partial charge in [0.15, 0.2) is 0 Å². The molecule has 0 fully saturated rings. The lowest BCUT2D eigenvalue weighted by Crippen LogP contribution is -2.07. The Hall–Kier alpha value is -0.830. The van der Waals surface area contributed by atoms with Crippen LogP contribution in [0.5, 0.6) is 0 Å². The van der Waals surface area contributed by atoms with E-state index in [0.717, 1.165) is 24.4 Å². The Balaban J connectivity index is 3.10. The van der Waals surface area contributed by atoms with Gasteiger partial charge < -0.3 is 0 Å². The smallest absolute Gasteiger partial charge is 0.135 e. The average Bonchev–Trinajstić information content (AvgIpc) is 2.43. The number of hydrogen-bond acceptors (Lipinski definition) is 2. The third kappa shape index (κ3) is 2.15. The lowest BCUT2D eigenvalue weighted by molar-refractivity contribution is -0.116. The highest BCUT2D eigenvalue weighted by atomic mass is 35.5. The molecule has 0 aliphatic carbocycles. The second-order valence-electron chi connectivity index (χ2n) is 3.26. The summed E-state index contributed by atoms with van der Waals surface area (Å²) in [6.45, 7) is 6.31. The molecule has 0 atom stereocenters. The van der Waals surface area contributed by atoms with Crippen LogP contribution in [-0.4, -0.2) is 15.6 Å². The van der Waals surface area contributed by atoms with E-state index in [4.69, 9.17) is 11.6 Å². The summed E-state index contributed by atoms with van der Waals surface area (Å²) in [6, 6.07) is 0. The minimum Gasteiger partial charge on any atom is -0.300 e. The molecule has 0 amide bonds. The molecule has 0 radical (unpaired) electrons. The van der Waals surface area contributed by atoms with Gasteiger partial charge in [0.1, 0.15) is 5.78 Å². The van der Waals surface area contributed by atoms with Crippen molar-refractivity contribution in [3.63, 3.8) is 0 Å². The molecule has 0 bridgehead atoms. The zero-order valence-corrected chi connectivity index (χ0v) is 9.56.